The Labute approximate surface area is 166 Å². The summed E-state index contributed by atoms with van der Waals surface area (Å²) in [4.78, 5) is 12.0. The average molecular weight is 403 g/mol. The minimum absolute atomic E-state index is 0.0133. The first-order valence-electron chi connectivity index (χ1n) is 9.60. The third kappa shape index (κ3) is 5.11. The van der Waals surface area contributed by atoms with Crippen molar-refractivity contribution in [2.75, 3.05) is 11.9 Å². The molecule has 0 radical (unpaired) electrons. The van der Waals surface area contributed by atoms with Crippen LogP contribution in [-0.2, 0) is 14.8 Å². The lowest BCUT2D eigenvalue weighted by Gasteiger charge is -2.33. The topological polar surface area (TPSA) is 84.5 Å². The molecule has 7 heteroatoms. The Kier molecular flexibility index (Phi) is 6.70. The summed E-state index contributed by atoms with van der Waals surface area (Å²) in [6, 6.07) is 15.3. The minimum atomic E-state index is -3.56. The average Bonchev–Trinajstić information content (AvgIpc) is 2.71. The van der Waals surface area contributed by atoms with Crippen molar-refractivity contribution < 1.29 is 17.9 Å². The summed E-state index contributed by atoms with van der Waals surface area (Å²) in [7, 11) is -3.56. The Hall–Kier alpha value is -2.38. The van der Waals surface area contributed by atoms with E-state index in [1.165, 1.54) is 0 Å². The maximum absolute atomic E-state index is 12.7. The van der Waals surface area contributed by atoms with Gasteiger partial charge in [-0.1, -0.05) is 31.0 Å². The van der Waals surface area contributed by atoms with Gasteiger partial charge in [0.05, 0.1) is 17.1 Å². The Morgan fingerprint density at radius 3 is 2.29 bits per heavy atom. The molecule has 1 aliphatic rings. The van der Waals surface area contributed by atoms with E-state index in [0.717, 1.165) is 31.4 Å². The van der Waals surface area contributed by atoms with Crippen molar-refractivity contribution in [1.82, 2.24) is 4.72 Å². The Bertz CT molecular complexity index is 882. The number of esters is 1. The Balaban J connectivity index is 1.69. The molecule has 2 unspecified atom stereocenters. The molecular weight excluding hydrogens is 376 g/mol. The molecule has 0 heterocycles. The maximum Gasteiger partial charge on any atom is 0.338 e. The number of carbonyl (C=O) groups is 1. The second-order valence-corrected chi connectivity index (χ2v) is 8.59. The molecule has 1 aliphatic carbocycles. The van der Waals surface area contributed by atoms with Gasteiger partial charge in [0.2, 0.25) is 10.0 Å². The highest BCUT2D eigenvalue weighted by Gasteiger charge is 2.29. The van der Waals surface area contributed by atoms with Crippen molar-refractivity contribution in [3.8, 4) is 0 Å². The van der Waals surface area contributed by atoms with E-state index in [1.807, 2.05) is 12.1 Å². The molecule has 0 aromatic heterocycles. The van der Waals surface area contributed by atoms with Gasteiger partial charge in [-0.05, 0) is 56.2 Å². The fraction of sp³-hybridized carbons (Fsp3) is 0.381. The summed E-state index contributed by atoms with van der Waals surface area (Å²) >= 11 is 0. The van der Waals surface area contributed by atoms with Gasteiger partial charge in [-0.2, -0.15) is 0 Å². The van der Waals surface area contributed by atoms with E-state index >= 15 is 0 Å². The number of carbonyl (C=O) groups excluding carboxylic acids is 1. The number of ether oxygens (including phenoxy) is 1. The van der Waals surface area contributed by atoms with Gasteiger partial charge in [0, 0.05) is 17.8 Å². The van der Waals surface area contributed by atoms with Crippen LogP contribution in [0.5, 0.6) is 0 Å². The summed E-state index contributed by atoms with van der Waals surface area (Å²) in [6.45, 7) is 2.11. The molecule has 2 aromatic carbocycles. The van der Waals surface area contributed by atoms with E-state index in [4.69, 9.17) is 4.74 Å². The zero-order chi connectivity index (χ0) is 20.0. The van der Waals surface area contributed by atoms with E-state index in [0.29, 0.717) is 12.2 Å². The quantitative estimate of drug-likeness (QED) is 0.692. The van der Waals surface area contributed by atoms with Crippen LogP contribution >= 0.6 is 0 Å². The second kappa shape index (κ2) is 9.21. The predicted molar refractivity (Wildman–Crippen MR) is 109 cm³/mol. The fourth-order valence-electron chi connectivity index (χ4n) is 3.44. The van der Waals surface area contributed by atoms with Crippen LogP contribution in [0.4, 0.5) is 5.69 Å². The number of sulfonamides is 1. The van der Waals surface area contributed by atoms with Crippen LogP contribution in [0.25, 0.3) is 0 Å². The van der Waals surface area contributed by atoms with E-state index in [9.17, 15) is 13.2 Å². The van der Waals surface area contributed by atoms with Crippen molar-refractivity contribution in [3.63, 3.8) is 0 Å². The van der Waals surface area contributed by atoms with E-state index < -0.39 is 10.0 Å². The summed E-state index contributed by atoms with van der Waals surface area (Å²) in [6.07, 6.45) is 3.69. The van der Waals surface area contributed by atoms with Crippen LogP contribution in [0.1, 0.15) is 43.0 Å². The van der Waals surface area contributed by atoms with Gasteiger partial charge >= 0.3 is 5.97 Å². The summed E-state index contributed by atoms with van der Waals surface area (Å²) in [5.74, 6) is -0.347. The Morgan fingerprint density at radius 1 is 1.00 bits per heavy atom. The molecule has 6 nitrogen and oxygen atoms in total. The summed E-state index contributed by atoms with van der Waals surface area (Å²) in [5, 5.41) is 3.42. The molecule has 0 saturated heterocycles. The molecule has 0 aliphatic heterocycles. The van der Waals surface area contributed by atoms with Gasteiger partial charge in [0.15, 0.2) is 0 Å². The molecule has 0 spiro atoms. The van der Waals surface area contributed by atoms with Gasteiger partial charge in [-0.3, -0.25) is 0 Å². The highest BCUT2D eigenvalue weighted by atomic mass is 32.2. The molecule has 0 bridgehead atoms. The molecule has 2 aromatic rings. The van der Waals surface area contributed by atoms with Gasteiger partial charge in [0.1, 0.15) is 0 Å². The standard InChI is InChI=1S/C21H26N2O4S/c1-2-27-21(24)16-12-14-17(15-13-16)22-19-10-6-7-11-20(19)23-28(25,26)18-8-4-3-5-9-18/h3-5,8-9,12-15,19-20,22-23H,2,6-7,10-11H2,1H3. The first kappa shape index (κ1) is 20.4. The molecule has 2 N–H and O–H groups in total. The molecule has 150 valence electrons. The lowest BCUT2D eigenvalue weighted by Crippen LogP contribution is -2.48. The summed E-state index contributed by atoms with van der Waals surface area (Å²) in [5.41, 5.74) is 1.35. The largest absolute Gasteiger partial charge is 0.462 e. The minimum Gasteiger partial charge on any atom is -0.462 e. The second-order valence-electron chi connectivity index (χ2n) is 6.87. The predicted octanol–water partition coefficient (Wildman–Crippen LogP) is 3.56. The molecular formula is C21H26N2O4S. The monoisotopic (exact) mass is 402 g/mol. The van der Waals surface area contributed by atoms with Gasteiger partial charge in [-0.25, -0.2) is 17.9 Å². The van der Waals surface area contributed by atoms with Crippen LogP contribution in [0, 0.1) is 0 Å². The first-order chi connectivity index (χ1) is 13.5. The van der Waals surface area contributed by atoms with E-state index in [-0.39, 0.29) is 22.9 Å². The molecule has 3 rings (SSSR count). The van der Waals surface area contributed by atoms with Crippen LogP contribution in [-0.4, -0.2) is 33.1 Å². The lowest BCUT2D eigenvalue weighted by molar-refractivity contribution is 0.0526. The zero-order valence-electron chi connectivity index (χ0n) is 15.9. The van der Waals surface area contributed by atoms with Gasteiger partial charge in [-0.15, -0.1) is 0 Å². The highest BCUT2D eigenvalue weighted by Crippen LogP contribution is 2.24. The van der Waals surface area contributed by atoms with Crippen molar-refractivity contribution >= 4 is 21.7 Å². The molecule has 28 heavy (non-hydrogen) atoms. The third-order valence-corrected chi connectivity index (χ3v) is 6.38. The van der Waals surface area contributed by atoms with Crippen LogP contribution in [0.2, 0.25) is 0 Å². The third-order valence-electron chi connectivity index (χ3n) is 4.87. The number of hydrogen-bond acceptors (Lipinski definition) is 5. The maximum atomic E-state index is 12.7. The lowest BCUT2D eigenvalue weighted by atomic mass is 9.91. The SMILES string of the molecule is CCOC(=O)c1ccc(NC2CCCCC2NS(=O)(=O)c2ccccc2)cc1. The number of benzene rings is 2. The summed E-state index contributed by atoms with van der Waals surface area (Å²) < 4.78 is 33.2. The number of anilines is 1. The van der Waals surface area contributed by atoms with Crippen molar-refractivity contribution in [2.45, 2.75) is 49.6 Å². The van der Waals surface area contributed by atoms with Gasteiger partial charge in [0.25, 0.3) is 0 Å². The van der Waals surface area contributed by atoms with Crippen LogP contribution < -0.4 is 10.0 Å². The molecule has 1 saturated carbocycles. The fourth-order valence-corrected chi connectivity index (χ4v) is 4.77. The van der Waals surface area contributed by atoms with Crippen LogP contribution in [0.3, 0.4) is 0 Å². The smallest absolute Gasteiger partial charge is 0.338 e. The van der Waals surface area contributed by atoms with Crippen molar-refractivity contribution in [1.29, 1.82) is 0 Å². The zero-order valence-corrected chi connectivity index (χ0v) is 16.7. The highest BCUT2D eigenvalue weighted by molar-refractivity contribution is 7.89. The van der Waals surface area contributed by atoms with E-state index in [2.05, 4.69) is 10.0 Å². The first-order valence-corrected chi connectivity index (χ1v) is 11.1. The number of rotatable bonds is 7. The molecule has 0 amide bonds. The van der Waals surface area contributed by atoms with Crippen molar-refractivity contribution in [2.24, 2.45) is 0 Å². The number of hydrogen-bond donors (Lipinski definition) is 2. The molecule has 2 atom stereocenters. The van der Waals surface area contributed by atoms with E-state index in [1.54, 1.807) is 49.4 Å². The molecule has 1 fully saturated rings. The van der Waals surface area contributed by atoms with Gasteiger partial charge < -0.3 is 10.1 Å². The Morgan fingerprint density at radius 2 is 1.64 bits per heavy atom. The number of nitrogens with one attached hydrogen (secondary N) is 2. The normalized spacial score (nSPS) is 19.8. The van der Waals surface area contributed by atoms with Crippen LogP contribution in [0.15, 0.2) is 59.5 Å². The van der Waals surface area contributed by atoms with Crippen molar-refractivity contribution in [3.05, 3.63) is 60.2 Å².